The molecule has 0 radical (unpaired) electrons. The zero-order valence-corrected chi connectivity index (χ0v) is 72.5. The van der Waals surface area contributed by atoms with Gasteiger partial charge in [-0.1, -0.05) is 13.3 Å². The number of alkyl halides is 1. The van der Waals surface area contributed by atoms with Crippen LogP contribution < -0.4 is 143 Å². The van der Waals surface area contributed by atoms with Crippen molar-refractivity contribution in [2.24, 2.45) is 10.4 Å². The van der Waals surface area contributed by atoms with Crippen molar-refractivity contribution < 1.29 is 215 Å². The van der Waals surface area contributed by atoms with Crippen LogP contribution in [0.5, 0.6) is 0 Å². The van der Waals surface area contributed by atoms with E-state index in [4.69, 9.17) is 35.8 Å². The van der Waals surface area contributed by atoms with Crippen LogP contribution in [0.25, 0.3) is 0 Å². The average molecular weight is 1800 g/mol. The monoisotopic (exact) mass is 1800 g/mol. The summed E-state index contributed by atoms with van der Waals surface area (Å²) in [7, 11) is -1.42. The van der Waals surface area contributed by atoms with Gasteiger partial charge in [-0.05, 0) is 204 Å². The van der Waals surface area contributed by atoms with Gasteiger partial charge < -0.3 is 45.8 Å². The molecule has 486 valence electrons. The molecule has 6 heterocycles. The van der Waals surface area contributed by atoms with Crippen molar-refractivity contribution >= 4 is 116 Å². The Kier molecular flexibility index (Phi) is 45.4. The Hall–Kier alpha value is 2.72. The largest absolute Gasteiger partial charge is 1.00 e. The maximum Gasteiger partial charge on any atom is 1.00 e. The van der Waals surface area contributed by atoms with Gasteiger partial charge in [0.2, 0.25) is 9.05 Å². The number of nitrogens with zero attached hydrogens (tertiary/aromatic N) is 7. The summed E-state index contributed by atoms with van der Waals surface area (Å²) in [6.07, 6.45) is 39.0. The Balaban J connectivity index is 0. The molecule has 22 nitrogen and oxygen atoms in total. The SMILES string of the molecule is BrC1=CCN=C1.CC1(Cn2cc(Br)cn2)CCC1.CS(=O)(=O)Cl.CS(=O)(=O)OCC1(OC2CCCCO2)CCC1.O=CO[O-].OC1(Cn2cc(Br)cn2)CCC1.OC1(Cn2cc(Br)cn2)CCC1.OCC1(OC2CCCCO2)CCC1.[2H]CF.[2H]P.[Cs+].[Cs+].[H-]. The molecule has 0 spiro atoms. The molecule has 8 aliphatic rings. The van der Waals surface area contributed by atoms with Gasteiger partial charge in [0, 0.05) is 59.7 Å². The molecule has 3 aromatic heterocycles. The summed E-state index contributed by atoms with van der Waals surface area (Å²) in [6, 6.07) is 0. The topological polar surface area (TPSA) is 290 Å². The Morgan fingerprint density at radius 2 is 1.12 bits per heavy atom. The van der Waals surface area contributed by atoms with Crippen LogP contribution in [-0.4, -0.2) is 163 Å². The smallest absolute Gasteiger partial charge is 1.00 e. The molecule has 5 aliphatic carbocycles. The molecule has 11 rings (SSSR count). The third kappa shape index (κ3) is 38.5. The van der Waals surface area contributed by atoms with E-state index in [1.807, 2.05) is 35.5 Å². The molecule has 86 heavy (non-hydrogen) atoms. The minimum Gasteiger partial charge on any atom is -1.00 e. The fraction of sp³-hybridized carbons (Fsp3) is 0.755. The number of allylic oxidation sites excluding steroid dienone is 1. The molecule has 3 aliphatic heterocycles. The summed E-state index contributed by atoms with van der Waals surface area (Å²) in [5.41, 5.74) is -1.13. The predicted octanol–water partition coefficient (Wildman–Crippen LogP) is 3.56. The number of aromatic nitrogens is 6. The van der Waals surface area contributed by atoms with Crippen LogP contribution in [-0.2, 0) is 71.6 Å². The van der Waals surface area contributed by atoms with E-state index in [0.717, 1.165) is 159 Å². The van der Waals surface area contributed by atoms with E-state index >= 15 is 0 Å². The van der Waals surface area contributed by atoms with Crippen molar-refractivity contribution in [1.82, 2.24) is 29.3 Å². The van der Waals surface area contributed by atoms with E-state index in [2.05, 4.69) is 107 Å². The van der Waals surface area contributed by atoms with E-state index in [-0.39, 0.29) is 177 Å². The summed E-state index contributed by atoms with van der Waals surface area (Å²) in [5, 5.41) is 49.6. The van der Waals surface area contributed by atoms with Crippen molar-refractivity contribution in [3.63, 3.8) is 0 Å². The zero-order chi connectivity index (χ0) is 64.3. The van der Waals surface area contributed by atoms with E-state index in [0.29, 0.717) is 18.5 Å². The molecule has 33 heteroatoms. The van der Waals surface area contributed by atoms with Gasteiger partial charge in [-0.25, -0.2) is 8.42 Å². The summed E-state index contributed by atoms with van der Waals surface area (Å²) in [6.45, 7) is 7.13. The number of ether oxygens (including phenoxy) is 4. The maximum absolute atomic E-state index is 11.0. The minimum absolute atomic E-state index is 0. The third-order valence-corrected chi connectivity index (χ3v) is 16.7. The van der Waals surface area contributed by atoms with Crippen LogP contribution in [0.1, 0.15) is 145 Å². The van der Waals surface area contributed by atoms with Gasteiger partial charge in [-0.2, -0.15) is 33.6 Å². The van der Waals surface area contributed by atoms with Crippen LogP contribution in [0.15, 0.2) is 66.2 Å². The Labute approximate surface area is 671 Å². The summed E-state index contributed by atoms with van der Waals surface area (Å²) >= 11 is 13.3. The van der Waals surface area contributed by atoms with Crippen molar-refractivity contribution in [3.8, 4) is 0 Å². The van der Waals surface area contributed by atoms with Gasteiger partial charge in [-0.3, -0.25) is 32.4 Å². The molecule has 3 unspecified atom stereocenters. The molecular weight excluding hydrogens is 1710 g/mol. The van der Waals surface area contributed by atoms with Crippen LogP contribution in [0.2, 0.25) is 0 Å². The number of hydrogen-bond acceptors (Lipinski definition) is 19. The molecular formula is C53H88Br4ClCs2FN7O15PS2. The fourth-order valence-electron chi connectivity index (χ4n) is 9.16. The molecule has 3 N–H and O–H groups in total. The van der Waals surface area contributed by atoms with Gasteiger partial charge in [-0.15, -0.1) is 0 Å². The van der Waals surface area contributed by atoms with Gasteiger partial charge in [0.15, 0.2) is 12.6 Å². The second-order valence-electron chi connectivity index (χ2n) is 21.9. The average Bonchev–Trinajstić information content (AvgIpc) is 2.16. The predicted molar refractivity (Wildman–Crippen MR) is 337 cm³/mol. The maximum atomic E-state index is 11.0. The number of hydrogen-bond donors (Lipinski definition) is 3. The Bertz CT molecular complexity index is 2490. The first-order chi connectivity index (χ1) is 40.6. The molecule has 0 aromatic carbocycles. The van der Waals surface area contributed by atoms with Crippen LogP contribution in [0, 0.1) is 5.41 Å². The van der Waals surface area contributed by atoms with E-state index in [1.54, 1.807) is 37.8 Å². The van der Waals surface area contributed by atoms with Crippen molar-refractivity contribution in [2.75, 3.05) is 52.6 Å². The third-order valence-electron chi connectivity index (χ3n) is 14.4. The molecule has 5 saturated carbocycles. The van der Waals surface area contributed by atoms with E-state index < -0.39 is 43.1 Å². The van der Waals surface area contributed by atoms with E-state index in [1.165, 1.54) is 32.1 Å². The standard InChI is InChI=1S/C11H20O5S.C10H18O3.C9H13BrN2.2C8H11BrN2O.C4H4BrN.CH3ClO2S.CH3F.CH2O3.2Cs.H3P.H/c1-17(12,13)15-9-11(6-4-7-11)16-10-5-2-3-8-14-10;11-8-10(5-3-6-10)13-9-4-1-2-7-12-9;1-9(3-2-4-9)7-12-6-8(10)5-11-12;2*9-7-4-10-11(5-7)6-8(12)2-1-3-8;5-4-1-2-6-3-4;1-5(2,3)4;1-2;2-1-4-3;;;;/h10H,2-9H2,1H3;9,11H,1-8H2;5-6H,2-4,7H2,1H3;2*4-5,12H,1-3,6H2;1,3H,2H2;1H3;1H3;1,3H;;;1H3;/q;;;;;;;;;2*+1;;-1/p-1/i;;;;;;;1D;;;;1D;. The van der Waals surface area contributed by atoms with Crippen molar-refractivity contribution in [2.45, 2.75) is 196 Å². The summed E-state index contributed by atoms with van der Waals surface area (Å²) < 4.78 is 99.2. The first-order valence-electron chi connectivity index (χ1n) is 28.7. The van der Waals surface area contributed by atoms with E-state index in [9.17, 15) is 36.5 Å². The van der Waals surface area contributed by atoms with Crippen LogP contribution in [0.4, 0.5) is 4.39 Å². The molecule has 3 aromatic rings. The molecule has 0 bridgehead atoms. The molecule has 0 amide bonds. The second-order valence-corrected chi connectivity index (χ2v) is 30.2. The molecule has 2 saturated heterocycles. The van der Waals surface area contributed by atoms with Gasteiger partial charge in [0.05, 0.1) is 110 Å². The number of carbonyl (C=O) groups is 1. The number of rotatable bonds is 15. The second kappa shape index (κ2) is 46.0. The quantitative estimate of drug-likeness (QED) is 0.0489. The van der Waals surface area contributed by atoms with Gasteiger partial charge >= 0.3 is 138 Å². The number of aliphatic hydroxyl groups excluding tert-OH is 1. The summed E-state index contributed by atoms with van der Waals surface area (Å²) in [5.74, 6) is 0. The number of aliphatic imine (C=N–C) groups is 1. The van der Waals surface area contributed by atoms with Crippen molar-refractivity contribution in [1.29, 1.82) is 1.28 Å². The summed E-state index contributed by atoms with van der Waals surface area (Å²) in [4.78, 5) is 15.1. The molecule has 3 atom stereocenters. The fourth-order valence-corrected chi connectivity index (χ4v) is 10.9. The molecule has 7 fully saturated rings. The zero-order valence-electron chi connectivity index (χ0n) is 53.1. The van der Waals surface area contributed by atoms with Crippen molar-refractivity contribution in [3.05, 3.63) is 61.2 Å². The first-order valence-corrected chi connectivity index (χ1v) is 35.2. The number of aliphatic hydroxyl groups is 3. The number of halogens is 6. The minimum atomic E-state index is -3.40. The normalized spacial score (nSPS) is 21.7. The van der Waals surface area contributed by atoms with Crippen LogP contribution in [0.3, 0.4) is 0 Å². The first kappa shape index (κ1) is 84.8. The number of carbonyl (C=O) groups excluding carboxylic acids is 1. The Morgan fingerprint density at radius 1 is 0.744 bits per heavy atom. The van der Waals surface area contributed by atoms with Gasteiger partial charge in [0.1, 0.15) is 0 Å². The Morgan fingerprint density at radius 3 is 1.34 bits per heavy atom. The van der Waals surface area contributed by atoms with Gasteiger partial charge in [0.25, 0.3) is 16.6 Å². The van der Waals surface area contributed by atoms with Crippen LogP contribution >= 0.6 is 84.2 Å².